The molecular formula is C12H6BrClF3N. The molecule has 2 aromatic rings. The Labute approximate surface area is 114 Å². The Balaban J connectivity index is 2.70. The topological polar surface area (TPSA) is 26.0 Å². The van der Waals surface area contributed by atoms with Gasteiger partial charge in [0, 0.05) is 21.7 Å². The summed E-state index contributed by atoms with van der Waals surface area (Å²) in [5.41, 5.74) is 4.53. The van der Waals surface area contributed by atoms with E-state index in [0.717, 1.165) is 12.1 Å². The average Bonchev–Trinajstić information content (AvgIpc) is 2.32. The molecule has 0 fully saturated rings. The van der Waals surface area contributed by atoms with E-state index in [4.69, 9.17) is 17.3 Å². The summed E-state index contributed by atoms with van der Waals surface area (Å²) < 4.78 is 41.2. The first-order valence-electron chi connectivity index (χ1n) is 4.80. The fraction of sp³-hybridized carbons (Fsp3) is 0. The number of rotatable bonds is 1. The van der Waals surface area contributed by atoms with Gasteiger partial charge < -0.3 is 5.73 Å². The molecule has 0 aliphatic heterocycles. The number of nitrogens with two attached hydrogens (primary N) is 1. The Bertz CT molecular complexity index is 631. The minimum Gasteiger partial charge on any atom is -0.396 e. The Morgan fingerprint density at radius 3 is 2.33 bits per heavy atom. The maximum atomic E-state index is 13.9. The van der Waals surface area contributed by atoms with Crippen molar-refractivity contribution in [2.24, 2.45) is 0 Å². The van der Waals surface area contributed by atoms with Crippen molar-refractivity contribution >= 4 is 33.2 Å². The summed E-state index contributed by atoms with van der Waals surface area (Å²) in [5, 5.41) is -0.191. The molecule has 1 nitrogen and oxygen atoms in total. The molecule has 18 heavy (non-hydrogen) atoms. The zero-order valence-electron chi connectivity index (χ0n) is 8.78. The predicted molar refractivity (Wildman–Crippen MR) is 68.9 cm³/mol. The fourth-order valence-electron chi connectivity index (χ4n) is 1.50. The summed E-state index contributed by atoms with van der Waals surface area (Å²) in [6.07, 6.45) is 0. The van der Waals surface area contributed by atoms with Crippen LogP contribution in [-0.4, -0.2) is 0 Å². The molecule has 2 rings (SSSR count). The molecule has 6 heteroatoms. The lowest BCUT2D eigenvalue weighted by atomic mass is 10.0. The second kappa shape index (κ2) is 4.82. The van der Waals surface area contributed by atoms with Gasteiger partial charge in [0.1, 0.15) is 11.6 Å². The van der Waals surface area contributed by atoms with Crippen molar-refractivity contribution in [1.29, 1.82) is 0 Å². The van der Waals surface area contributed by atoms with Crippen molar-refractivity contribution in [2.45, 2.75) is 0 Å². The van der Waals surface area contributed by atoms with Crippen LogP contribution in [-0.2, 0) is 0 Å². The molecule has 0 aliphatic carbocycles. The SMILES string of the molecule is Nc1cc(F)c(-c2ccc(Br)c(Cl)c2F)cc1F. The standard InChI is InChI=1S/C12H6BrClF3N/c13-7-2-1-5(12(17)11(7)14)6-3-9(16)10(18)4-8(6)15/h1-4H,18H2. The highest BCUT2D eigenvalue weighted by molar-refractivity contribution is 9.10. The molecular weight excluding hydrogens is 330 g/mol. The van der Waals surface area contributed by atoms with Crippen LogP contribution in [0.3, 0.4) is 0 Å². The monoisotopic (exact) mass is 335 g/mol. The number of hydrogen-bond donors (Lipinski definition) is 1. The van der Waals surface area contributed by atoms with E-state index in [9.17, 15) is 13.2 Å². The van der Waals surface area contributed by atoms with E-state index in [0.29, 0.717) is 4.47 Å². The highest BCUT2D eigenvalue weighted by Crippen LogP contribution is 2.35. The molecule has 0 radical (unpaired) electrons. The van der Waals surface area contributed by atoms with Crippen LogP contribution < -0.4 is 5.73 Å². The molecule has 0 atom stereocenters. The number of nitrogen functional groups attached to an aromatic ring is 1. The zero-order chi connectivity index (χ0) is 13.4. The van der Waals surface area contributed by atoms with Crippen LogP contribution in [0.4, 0.5) is 18.9 Å². The molecule has 0 heterocycles. The molecule has 2 N–H and O–H groups in total. The van der Waals surface area contributed by atoms with Crippen LogP contribution in [0, 0.1) is 17.5 Å². The number of benzene rings is 2. The minimum atomic E-state index is -0.825. The molecule has 0 saturated heterocycles. The van der Waals surface area contributed by atoms with Crippen LogP contribution in [0.1, 0.15) is 0 Å². The fourth-order valence-corrected chi connectivity index (χ4v) is 1.97. The molecule has 0 spiro atoms. The number of anilines is 1. The van der Waals surface area contributed by atoms with Gasteiger partial charge in [-0.15, -0.1) is 0 Å². The van der Waals surface area contributed by atoms with Crippen molar-refractivity contribution in [3.63, 3.8) is 0 Å². The average molecular weight is 337 g/mol. The summed E-state index contributed by atoms with van der Waals surface area (Å²) in [4.78, 5) is 0. The first-order chi connectivity index (χ1) is 8.41. The van der Waals surface area contributed by atoms with E-state index in [1.54, 1.807) is 0 Å². The van der Waals surface area contributed by atoms with Gasteiger partial charge in [-0.1, -0.05) is 17.7 Å². The van der Waals surface area contributed by atoms with Crippen LogP contribution in [0.2, 0.25) is 5.02 Å². The van der Waals surface area contributed by atoms with E-state index in [2.05, 4.69) is 15.9 Å². The van der Waals surface area contributed by atoms with Crippen molar-refractivity contribution in [3.8, 4) is 11.1 Å². The summed E-state index contributed by atoms with van der Waals surface area (Å²) in [5.74, 6) is -2.45. The van der Waals surface area contributed by atoms with Crippen molar-refractivity contribution in [2.75, 3.05) is 5.73 Å². The quantitative estimate of drug-likeness (QED) is 0.589. The van der Waals surface area contributed by atoms with Crippen LogP contribution in [0.15, 0.2) is 28.7 Å². The summed E-state index contributed by atoms with van der Waals surface area (Å²) in [6.45, 7) is 0. The van der Waals surface area contributed by atoms with Gasteiger partial charge in [0.15, 0.2) is 5.82 Å². The number of hydrogen-bond acceptors (Lipinski definition) is 1. The van der Waals surface area contributed by atoms with Crippen LogP contribution in [0.5, 0.6) is 0 Å². The molecule has 2 aromatic carbocycles. The van der Waals surface area contributed by atoms with Gasteiger partial charge in [-0.3, -0.25) is 0 Å². The second-order valence-corrected chi connectivity index (χ2v) is 4.81. The Morgan fingerprint density at radius 2 is 1.67 bits per heavy atom. The number of halogens is 5. The van der Waals surface area contributed by atoms with E-state index in [1.807, 2.05) is 0 Å². The molecule has 94 valence electrons. The van der Waals surface area contributed by atoms with Crippen LogP contribution in [0.25, 0.3) is 11.1 Å². The Kier molecular flexibility index (Phi) is 3.54. The maximum absolute atomic E-state index is 13.9. The van der Waals surface area contributed by atoms with Crippen molar-refractivity contribution < 1.29 is 13.2 Å². The van der Waals surface area contributed by atoms with E-state index in [1.165, 1.54) is 12.1 Å². The van der Waals surface area contributed by atoms with Gasteiger partial charge in [0.05, 0.1) is 10.7 Å². The lowest BCUT2D eigenvalue weighted by Crippen LogP contribution is -1.96. The predicted octanol–water partition coefficient (Wildman–Crippen LogP) is 4.77. The van der Waals surface area contributed by atoms with Crippen LogP contribution >= 0.6 is 27.5 Å². The second-order valence-electron chi connectivity index (χ2n) is 3.58. The highest BCUT2D eigenvalue weighted by atomic mass is 79.9. The zero-order valence-corrected chi connectivity index (χ0v) is 11.1. The Hall–Kier alpha value is -1.20. The maximum Gasteiger partial charge on any atom is 0.150 e. The van der Waals surface area contributed by atoms with Crippen molar-refractivity contribution in [3.05, 3.63) is 51.2 Å². The van der Waals surface area contributed by atoms with E-state index < -0.39 is 17.5 Å². The van der Waals surface area contributed by atoms with Gasteiger partial charge >= 0.3 is 0 Å². The summed E-state index contributed by atoms with van der Waals surface area (Å²) in [7, 11) is 0. The van der Waals surface area contributed by atoms with E-state index >= 15 is 0 Å². The highest BCUT2D eigenvalue weighted by Gasteiger charge is 2.16. The normalized spacial score (nSPS) is 10.7. The third-order valence-electron chi connectivity index (χ3n) is 2.41. The molecule has 0 bridgehead atoms. The minimum absolute atomic E-state index is 0.125. The lowest BCUT2D eigenvalue weighted by Gasteiger charge is -2.08. The van der Waals surface area contributed by atoms with Gasteiger partial charge in [-0.25, -0.2) is 13.2 Å². The van der Waals surface area contributed by atoms with Gasteiger partial charge in [-0.2, -0.15) is 0 Å². The molecule has 0 aromatic heterocycles. The smallest absolute Gasteiger partial charge is 0.150 e. The largest absolute Gasteiger partial charge is 0.396 e. The van der Waals surface area contributed by atoms with Gasteiger partial charge in [-0.05, 0) is 28.1 Å². The molecule has 0 aliphatic rings. The van der Waals surface area contributed by atoms with Gasteiger partial charge in [0.25, 0.3) is 0 Å². The molecule has 0 amide bonds. The molecule has 0 saturated carbocycles. The summed E-state index contributed by atoms with van der Waals surface area (Å²) in [6, 6.07) is 4.40. The third kappa shape index (κ3) is 2.20. The molecule has 0 unspecified atom stereocenters. The Morgan fingerprint density at radius 1 is 1.00 bits per heavy atom. The third-order valence-corrected chi connectivity index (χ3v) is 3.67. The lowest BCUT2D eigenvalue weighted by molar-refractivity contribution is 0.601. The summed E-state index contributed by atoms with van der Waals surface area (Å²) >= 11 is 8.73. The van der Waals surface area contributed by atoms with E-state index in [-0.39, 0.29) is 21.8 Å². The first kappa shape index (κ1) is 13.2. The van der Waals surface area contributed by atoms with Crippen molar-refractivity contribution in [1.82, 2.24) is 0 Å². The first-order valence-corrected chi connectivity index (χ1v) is 5.97. The van der Waals surface area contributed by atoms with Gasteiger partial charge in [0.2, 0.25) is 0 Å².